The lowest BCUT2D eigenvalue weighted by Crippen LogP contribution is -2.17. The van der Waals surface area contributed by atoms with E-state index in [0.29, 0.717) is 6.42 Å². The Morgan fingerprint density at radius 3 is 2.12 bits per heavy atom. The van der Waals surface area contributed by atoms with Gasteiger partial charge in [-0.2, -0.15) is 0 Å². The number of unbranched alkanes of at least 4 members (excludes halogenated alkanes) is 1. The molecule has 0 heterocycles. The van der Waals surface area contributed by atoms with Crippen molar-refractivity contribution in [1.29, 1.82) is 0 Å². The third-order valence-corrected chi connectivity index (χ3v) is 3.36. The lowest BCUT2D eigenvalue weighted by molar-refractivity contribution is -0.136. The van der Waals surface area contributed by atoms with Crippen molar-refractivity contribution in [1.82, 2.24) is 0 Å². The van der Waals surface area contributed by atoms with E-state index in [4.69, 9.17) is 5.11 Å². The summed E-state index contributed by atoms with van der Waals surface area (Å²) >= 11 is 0. The summed E-state index contributed by atoms with van der Waals surface area (Å²) in [5.41, 5.74) is 0.273. The molecule has 4 nitrogen and oxygen atoms in total. The number of carboxylic acid groups (broad SMARTS) is 2. The Kier molecular flexibility index (Phi) is 5.19. The lowest BCUT2D eigenvalue weighted by atomic mass is 9.90. The van der Waals surface area contributed by atoms with Crippen molar-refractivity contribution in [2.24, 2.45) is 5.92 Å². The zero-order valence-corrected chi connectivity index (χ0v) is 10.2. The Labute approximate surface area is 101 Å². The van der Waals surface area contributed by atoms with E-state index in [1.54, 1.807) is 0 Å². The molecule has 1 saturated carbocycles. The molecule has 0 aliphatic heterocycles. The fourth-order valence-electron chi connectivity index (χ4n) is 2.47. The van der Waals surface area contributed by atoms with Crippen LogP contribution in [-0.4, -0.2) is 22.2 Å². The first-order valence-corrected chi connectivity index (χ1v) is 6.27. The smallest absolute Gasteiger partial charge is 0.332 e. The minimum Gasteiger partial charge on any atom is -0.478 e. The zero-order valence-electron chi connectivity index (χ0n) is 10.2. The molecular weight excluding hydrogens is 220 g/mol. The second-order valence-corrected chi connectivity index (χ2v) is 4.59. The van der Waals surface area contributed by atoms with Crippen LogP contribution >= 0.6 is 0 Å². The average molecular weight is 240 g/mol. The van der Waals surface area contributed by atoms with Crippen molar-refractivity contribution in [2.45, 2.75) is 51.9 Å². The van der Waals surface area contributed by atoms with E-state index in [-0.39, 0.29) is 17.1 Å². The molecule has 1 rings (SSSR count). The first-order valence-electron chi connectivity index (χ1n) is 6.27. The van der Waals surface area contributed by atoms with Gasteiger partial charge in [0.1, 0.15) is 0 Å². The van der Waals surface area contributed by atoms with Gasteiger partial charge in [-0.1, -0.05) is 26.2 Å². The Balaban J connectivity index is 3.01. The highest BCUT2D eigenvalue weighted by Crippen LogP contribution is 2.34. The van der Waals surface area contributed by atoms with E-state index < -0.39 is 11.9 Å². The monoisotopic (exact) mass is 240 g/mol. The van der Waals surface area contributed by atoms with Crippen molar-refractivity contribution in [3.05, 3.63) is 11.1 Å². The Bertz CT molecular complexity index is 324. The Morgan fingerprint density at radius 2 is 1.71 bits per heavy atom. The van der Waals surface area contributed by atoms with E-state index in [9.17, 15) is 14.7 Å². The first kappa shape index (κ1) is 13.7. The van der Waals surface area contributed by atoms with Gasteiger partial charge >= 0.3 is 11.9 Å². The van der Waals surface area contributed by atoms with Crippen LogP contribution in [0.25, 0.3) is 0 Å². The summed E-state index contributed by atoms with van der Waals surface area (Å²) < 4.78 is 0. The first-order chi connectivity index (χ1) is 8.07. The summed E-state index contributed by atoms with van der Waals surface area (Å²) in [6.07, 6.45) is 5.59. The summed E-state index contributed by atoms with van der Waals surface area (Å²) in [5.74, 6) is -2.18. The van der Waals surface area contributed by atoms with E-state index in [1.807, 2.05) is 6.92 Å². The normalized spacial score (nSPS) is 17.9. The Hall–Kier alpha value is -1.32. The highest BCUT2D eigenvalue weighted by atomic mass is 16.4. The lowest BCUT2D eigenvalue weighted by Gasteiger charge is -2.14. The van der Waals surface area contributed by atoms with Crippen LogP contribution < -0.4 is 0 Å². The van der Waals surface area contributed by atoms with E-state index in [2.05, 4.69) is 0 Å². The summed E-state index contributed by atoms with van der Waals surface area (Å²) in [6, 6.07) is 0. The third kappa shape index (κ3) is 3.58. The molecule has 0 amide bonds. The van der Waals surface area contributed by atoms with Crippen molar-refractivity contribution < 1.29 is 19.8 Å². The highest BCUT2D eigenvalue weighted by Gasteiger charge is 2.29. The second-order valence-electron chi connectivity index (χ2n) is 4.59. The largest absolute Gasteiger partial charge is 0.478 e. The summed E-state index contributed by atoms with van der Waals surface area (Å²) in [6.45, 7) is 1.97. The molecule has 0 bridgehead atoms. The van der Waals surface area contributed by atoms with Crippen molar-refractivity contribution in [3.63, 3.8) is 0 Å². The maximum Gasteiger partial charge on any atom is 0.332 e. The highest BCUT2D eigenvalue weighted by molar-refractivity contribution is 5.99. The van der Waals surface area contributed by atoms with Crippen molar-refractivity contribution >= 4 is 11.9 Å². The Morgan fingerprint density at radius 1 is 1.12 bits per heavy atom. The maximum absolute atomic E-state index is 11.3. The number of rotatable bonds is 6. The molecule has 0 unspecified atom stereocenters. The minimum atomic E-state index is -1.07. The predicted molar refractivity (Wildman–Crippen MR) is 63.8 cm³/mol. The molecule has 0 radical (unpaired) electrons. The number of hydrogen-bond acceptors (Lipinski definition) is 2. The fourth-order valence-corrected chi connectivity index (χ4v) is 2.47. The van der Waals surface area contributed by atoms with Crippen LogP contribution in [0.15, 0.2) is 11.1 Å². The van der Waals surface area contributed by atoms with E-state index >= 15 is 0 Å². The molecule has 2 N–H and O–H groups in total. The standard InChI is InChI=1S/C13H20O4/c1-2-3-8-10(12(14)15)11(13(16)17)9-6-4-5-7-9/h9H,2-8H2,1H3,(H,14,15)(H,16,17). The molecule has 96 valence electrons. The molecule has 0 aromatic rings. The van der Waals surface area contributed by atoms with Gasteiger partial charge in [0.15, 0.2) is 0 Å². The minimum absolute atomic E-state index is 0.0598. The summed E-state index contributed by atoms with van der Waals surface area (Å²) in [7, 11) is 0. The van der Waals surface area contributed by atoms with E-state index in [1.165, 1.54) is 0 Å². The van der Waals surface area contributed by atoms with Gasteiger partial charge in [-0.25, -0.2) is 9.59 Å². The number of aliphatic carboxylic acids is 2. The van der Waals surface area contributed by atoms with Gasteiger partial charge < -0.3 is 10.2 Å². The number of carbonyl (C=O) groups is 2. The summed E-state index contributed by atoms with van der Waals surface area (Å²) in [4.78, 5) is 22.5. The van der Waals surface area contributed by atoms with Gasteiger partial charge in [0.2, 0.25) is 0 Å². The predicted octanol–water partition coefficient (Wildman–Crippen LogP) is 2.83. The van der Waals surface area contributed by atoms with Gasteiger partial charge in [0.25, 0.3) is 0 Å². The van der Waals surface area contributed by atoms with Gasteiger partial charge in [-0.3, -0.25) is 0 Å². The molecule has 0 aromatic heterocycles. The molecule has 4 heteroatoms. The van der Waals surface area contributed by atoms with Crippen LogP contribution in [0, 0.1) is 5.92 Å². The molecule has 1 fully saturated rings. The quantitative estimate of drug-likeness (QED) is 0.700. The van der Waals surface area contributed by atoms with Gasteiger partial charge in [0.05, 0.1) is 5.57 Å². The zero-order chi connectivity index (χ0) is 12.8. The topological polar surface area (TPSA) is 74.6 Å². The average Bonchev–Trinajstić information content (AvgIpc) is 2.76. The van der Waals surface area contributed by atoms with Crippen LogP contribution in [0.5, 0.6) is 0 Å². The molecule has 0 saturated heterocycles. The second kappa shape index (κ2) is 6.42. The van der Waals surface area contributed by atoms with Crippen LogP contribution in [0.1, 0.15) is 51.9 Å². The molecular formula is C13H20O4. The maximum atomic E-state index is 11.3. The van der Waals surface area contributed by atoms with Crippen LogP contribution in [0.3, 0.4) is 0 Å². The van der Waals surface area contributed by atoms with Crippen molar-refractivity contribution in [2.75, 3.05) is 0 Å². The number of hydrogen-bond donors (Lipinski definition) is 2. The van der Waals surface area contributed by atoms with Crippen molar-refractivity contribution in [3.8, 4) is 0 Å². The van der Waals surface area contributed by atoms with Gasteiger partial charge in [-0.05, 0) is 31.6 Å². The molecule has 0 spiro atoms. The summed E-state index contributed by atoms with van der Waals surface area (Å²) in [5, 5.41) is 18.4. The van der Waals surface area contributed by atoms with Crippen LogP contribution in [-0.2, 0) is 9.59 Å². The van der Waals surface area contributed by atoms with Gasteiger partial charge in [-0.15, -0.1) is 0 Å². The molecule has 0 atom stereocenters. The third-order valence-electron chi connectivity index (χ3n) is 3.36. The molecule has 1 aliphatic rings. The molecule has 17 heavy (non-hydrogen) atoms. The molecule has 0 aromatic carbocycles. The SMILES string of the molecule is CCCCC(C(=O)O)=C(C(=O)O)C1CCCC1. The van der Waals surface area contributed by atoms with E-state index in [0.717, 1.165) is 38.5 Å². The number of carboxylic acids is 2. The van der Waals surface area contributed by atoms with Gasteiger partial charge in [0, 0.05) is 5.57 Å². The van der Waals surface area contributed by atoms with Crippen LogP contribution in [0.4, 0.5) is 0 Å². The van der Waals surface area contributed by atoms with Crippen LogP contribution in [0.2, 0.25) is 0 Å². The fraction of sp³-hybridized carbons (Fsp3) is 0.692. The molecule has 1 aliphatic carbocycles.